The van der Waals surface area contributed by atoms with Crippen molar-refractivity contribution in [2.75, 3.05) is 43.1 Å². The van der Waals surface area contributed by atoms with Gasteiger partial charge in [-0.3, -0.25) is 14.4 Å². The van der Waals surface area contributed by atoms with Crippen molar-refractivity contribution < 1.29 is 19.1 Å². The maximum Gasteiger partial charge on any atom is 0.255 e. The lowest BCUT2D eigenvalue weighted by atomic mass is 9.43. The second kappa shape index (κ2) is 12.3. The molecule has 2 unspecified atom stereocenters. The fraction of sp³-hybridized carbons (Fsp3) is 0.571. The summed E-state index contributed by atoms with van der Waals surface area (Å²) in [5.74, 6) is 1.55. The highest BCUT2D eigenvalue weighted by Gasteiger charge is 2.62. The number of nitrogens with zero attached hydrogens (tertiary/aromatic N) is 1. The van der Waals surface area contributed by atoms with Crippen LogP contribution in [-0.2, 0) is 20.9 Å². The van der Waals surface area contributed by atoms with Gasteiger partial charge in [0, 0.05) is 43.1 Å². The van der Waals surface area contributed by atoms with E-state index in [0.717, 1.165) is 81.8 Å². The highest BCUT2D eigenvalue weighted by Crippen LogP contribution is 2.65. The Morgan fingerprint density at radius 3 is 2.07 bits per heavy atom. The first-order valence-corrected chi connectivity index (χ1v) is 16.1. The molecule has 7 rings (SSSR count). The number of hydrogen-bond donors (Lipinski definition) is 3. The smallest absolute Gasteiger partial charge is 0.255 e. The van der Waals surface area contributed by atoms with Crippen LogP contribution in [-0.4, -0.2) is 50.6 Å². The molecular formula is C35H46N4O4. The molecule has 4 bridgehead atoms. The van der Waals surface area contributed by atoms with Crippen molar-refractivity contribution >= 4 is 29.1 Å². The van der Waals surface area contributed by atoms with Gasteiger partial charge >= 0.3 is 0 Å². The largest absolute Gasteiger partial charge is 0.378 e. The monoisotopic (exact) mass is 586 g/mol. The molecule has 8 heteroatoms. The predicted molar refractivity (Wildman–Crippen MR) is 168 cm³/mol. The van der Waals surface area contributed by atoms with Gasteiger partial charge in [-0.25, -0.2) is 0 Å². The maximum atomic E-state index is 13.7. The van der Waals surface area contributed by atoms with Crippen LogP contribution >= 0.6 is 0 Å². The topological polar surface area (TPSA) is 99.8 Å². The molecule has 2 atom stereocenters. The van der Waals surface area contributed by atoms with E-state index in [4.69, 9.17) is 4.74 Å². The Morgan fingerprint density at radius 1 is 0.860 bits per heavy atom. The first kappa shape index (κ1) is 29.7. The van der Waals surface area contributed by atoms with E-state index in [1.54, 1.807) is 12.1 Å². The summed E-state index contributed by atoms with van der Waals surface area (Å²) in [5, 5.41) is 9.41. The summed E-state index contributed by atoms with van der Waals surface area (Å²) in [5.41, 5.74) is 2.55. The van der Waals surface area contributed by atoms with Crippen molar-refractivity contribution in [3.63, 3.8) is 0 Å². The number of morpholine rings is 1. The van der Waals surface area contributed by atoms with Crippen LogP contribution in [0.5, 0.6) is 0 Å². The second-order valence-electron chi connectivity index (χ2n) is 13.9. The molecule has 1 aliphatic heterocycles. The van der Waals surface area contributed by atoms with Gasteiger partial charge in [-0.15, -0.1) is 0 Å². The van der Waals surface area contributed by atoms with Crippen molar-refractivity contribution in [1.29, 1.82) is 0 Å². The molecule has 0 spiro atoms. The highest BCUT2D eigenvalue weighted by atomic mass is 16.5. The van der Waals surface area contributed by atoms with E-state index in [-0.39, 0.29) is 17.7 Å². The second-order valence-corrected chi connectivity index (χ2v) is 13.9. The van der Waals surface area contributed by atoms with E-state index in [9.17, 15) is 14.4 Å². The lowest BCUT2D eigenvalue weighted by Gasteiger charge is -2.60. The third kappa shape index (κ3) is 6.44. The third-order valence-electron chi connectivity index (χ3n) is 10.2. The van der Waals surface area contributed by atoms with Crippen molar-refractivity contribution in [3.8, 4) is 0 Å². The van der Waals surface area contributed by atoms with Crippen molar-refractivity contribution in [3.05, 3.63) is 59.7 Å². The minimum absolute atomic E-state index is 0.0864. The van der Waals surface area contributed by atoms with Crippen LogP contribution in [0.15, 0.2) is 48.5 Å². The van der Waals surface area contributed by atoms with Gasteiger partial charge in [0.05, 0.1) is 24.0 Å². The lowest BCUT2D eigenvalue weighted by molar-refractivity contribution is -0.167. The summed E-state index contributed by atoms with van der Waals surface area (Å²) in [6, 6.07) is 15.3. The van der Waals surface area contributed by atoms with E-state index in [0.29, 0.717) is 42.8 Å². The molecule has 1 saturated heterocycles. The zero-order chi connectivity index (χ0) is 30.0. The number of ether oxygens (including phenoxy) is 1. The predicted octanol–water partition coefficient (Wildman–Crippen LogP) is 5.14. The number of nitrogens with one attached hydrogen (secondary N) is 3. The number of carbonyl (C=O) groups excluding carboxylic acids is 3. The van der Waals surface area contributed by atoms with Gasteiger partial charge in [-0.05, 0) is 105 Å². The molecule has 1 heterocycles. The normalized spacial score (nSPS) is 27.7. The average molecular weight is 587 g/mol. The highest BCUT2D eigenvalue weighted by molar-refractivity contribution is 6.04. The zero-order valence-electron chi connectivity index (χ0n) is 25.6. The van der Waals surface area contributed by atoms with E-state index >= 15 is 0 Å². The number of hydrogen-bond acceptors (Lipinski definition) is 5. The first-order valence-electron chi connectivity index (χ1n) is 16.1. The van der Waals surface area contributed by atoms with Gasteiger partial charge in [-0.2, -0.15) is 0 Å². The summed E-state index contributed by atoms with van der Waals surface area (Å²) in [7, 11) is 0. The molecule has 3 amide bonds. The summed E-state index contributed by atoms with van der Waals surface area (Å²) >= 11 is 0. The average Bonchev–Trinajstić information content (AvgIpc) is 3.00. The fourth-order valence-electron chi connectivity index (χ4n) is 8.38. The Labute approximate surface area is 255 Å². The van der Waals surface area contributed by atoms with Gasteiger partial charge in [0.15, 0.2) is 0 Å². The molecule has 0 radical (unpaired) electrons. The molecule has 5 aliphatic rings. The van der Waals surface area contributed by atoms with Crippen LogP contribution in [0.3, 0.4) is 0 Å². The van der Waals surface area contributed by atoms with Gasteiger partial charge < -0.3 is 25.6 Å². The molecular weight excluding hydrogens is 540 g/mol. The first-order chi connectivity index (χ1) is 20.7. The van der Waals surface area contributed by atoms with Crippen molar-refractivity contribution in [2.45, 2.75) is 65.3 Å². The molecule has 43 heavy (non-hydrogen) atoms. The van der Waals surface area contributed by atoms with Crippen LogP contribution in [0.4, 0.5) is 11.4 Å². The maximum absolute atomic E-state index is 13.7. The van der Waals surface area contributed by atoms with E-state index in [2.05, 4.69) is 34.7 Å². The Balaban J connectivity index is 1.03. The summed E-state index contributed by atoms with van der Waals surface area (Å²) < 4.78 is 5.43. The Bertz CT molecular complexity index is 1300. The zero-order valence-corrected chi connectivity index (χ0v) is 25.6. The van der Waals surface area contributed by atoms with Crippen LogP contribution in [0.1, 0.15) is 74.7 Å². The molecule has 4 aliphatic carbocycles. The fourth-order valence-corrected chi connectivity index (χ4v) is 8.38. The Morgan fingerprint density at radius 2 is 1.47 bits per heavy atom. The summed E-state index contributed by atoms with van der Waals surface area (Å²) in [4.78, 5) is 42.3. The van der Waals surface area contributed by atoms with Crippen molar-refractivity contribution in [1.82, 2.24) is 10.6 Å². The minimum atomic E-state index is -0.448. The molecule has 230 valence electrons. The quantitative estimate of drug-likeness (QED) is 0.358. The van der Waals surface area contributed by atoms with Crippen LogP contribution in [0, 0.1) is 28.6 Å². The van der Waals surface area contributed by atoms with Gasteiger partial charge in [-0.1, -0.05) is 26.0 Å². The molecule has 8 nitrogen and oxygen atoms in total. The van der Waals surface area contributed by atoms with Crippen molar-refractivity contribution in [2.24, 2.45) is 28.6 Å². The SMILES string of the molecule is CC(C)CCNC(=O)C12CC3CC(C1)CC(C(=O)NCc1ccc(C(=O)Nc4ccc(N5CCOCC5)cc4)cc1)(C3)C2. The van der Waals surface area contributed by atoms with Crippen LogP contribution in [0.2, 0.25) is 0 Å². The third-order valence-corrected chi connectivity index (χ3v) is 10.2. The minimum Gasteiger partial charge on any atom is -0.378 e. The lowest BCUT2D eigenvalue weighted by Crippen LogP contribution is -2.61. The number of anilines is 2. The van der Waals surface area contributed by atoms with Gasteiger partial charge in [0.1, 0.15) is 0 Å². The number of amides is 3. The van der Waals surface area contributed by atoms with E-state index < -0.39 is 10.8 Å². The van der Waals surface area contributed by atoms with E-state index in [1.807, 2.05) is 36.4 Å². The Hall–Kier alpha value is -3.39. The van der Waals surface area contributed by atoms with Gasteiger partial charge in [0.25, 0.3) is 5.91 Å². The van der Waals surface area contributed by atoms with Crippen LogP contribution in [0.25, 0.3) is 0 Å². The molecule has 2 aromatic carbocycles. The summed E-state index contributed by atoms with van der Waals surface area (Å²) in [6.45, 7) is 8.68. The van der Waals surface area contributed by atoms with Crippen LogP contribution < -0.4 is 20.9 Å². The standard InChI is InChI=1S/C35H46N4O4/c1-24(2)11-12-36-32(41)34-18-26-17-27(19-34)21-35(20-26,23-34)33(42)37-22-25-3-5-28(6-4-25)31(40)38-29-7-9-30(10-8-29)39-13-15-43-16-14-39/h3-10,24,26-27H,11-23H2,1-2H3,(H,36,41)(H,37,42)(H,38,40). The van der Waals surface area contributed by atoms with E-state index in [1.165, 1.54) is 0 Å². The number of benzene rings is 2. The molecule has 2 aromatic rings. The number of rotatable bonds is 10. The molecule has 4 saturated carbocycles. The summed E-state index contributed by atoms with van der Waals surface area (Å²) in [6.07, 6.45) is 6.42. The Kier molecular flexibility index (Phi) is 8.49. The number of carbonyl (C=O) groups is 3. The molecule has 3 N–H and O–H groups in total. The molecule has 5 fully saturated rings. The van der Waals surface area contributed by atoms with Gasteiger partial charge in [0.2, 0.25) is 11.8 Å². The molecule has 0 aromatic heterocycles.